The summed E-state index contributed by atoms with van der Waals surface area (Å²) in [4.78, 5) is 11.5. The summed E-state index contributed by atoms with van der Waals surface area (Å²) in [6.45, 7) is 5.97. The predicted octanol–water partition coefficient (Wildman–Crippen LogP) is -0.0726. The largest absolute Gasteiger partial charge is 0.456 e. The normalized spacial score (nSPS) is 14.0. The molecule has 6 nitrogen and oxygen atoms in total. The molecule has 0 rings (SSSR count). The summed E-state index contributed by atoms with van der Waals surface area (Å²) >= 11 is 0. The third-order valence-electron chi connectivity index (χ3n) is 3.72. The van der Waals surface area contributed by atoms with Crippen molar-refractivity contribution < 1.29 is 28.2 Å². The van der Waals surface area contributed by atoms with E-state index in [1.165, 1.54) is 0 Å². The molecular weight excluding hydrogens is 290 g/mol. The molecule has 1 unspecified atom stereocenters. The number of likely N-dealkylation sites (N-methyl/N-ethyl adjacent to an activating group) is 1. The summed E-state index contributed by atoms with van der Waals surface area (Å²) in [6, 6.07) is 0.866. The van der Waals surface area contributed by atoms with Gasteiger partial charge < -0.3 is 18.9 Å². The first kappa shape index (κ1) is 20.3. The van der Waals surface area contributed by atoms with E-state index < -0.39 is 5.91 Å². The van der Waals surface area contributed by atoms with Crippen LogP contribution in [0.5, 0.6) is 0 Å². The molecule has 0 fully saturated rings. The van der Waals surface area contributed by atoms with E-state index in [0.29, 0.717) is 16.6 Å². The number of ether oxygens (including phenoxy) is 4. The fourth-order valence-corrected chi connectivity index (χ4v) is 3.30. The van der Waals surface area contributed by atoms with E-state index in [-0.39, 0.29) is 18.7 Å². The molecular formula is C14H30NO5Si+. The highest BCUT2D eigenvalue weighted by atomic mass is 28.1. The minimum absolute atomic E-state index is 0.189. The second kappa shape index (κ2) is 8.65. The molecule has 0 amide bonds. The smallest absolute Gasteiger partial charge is 0.345 e. The molecule has 0 heterocycles. The Morgan fingerprint density at radius 2 is 1.81 bits per heavy atom. The minimum atomic E-state index is -0.938. The summed E-state index contributed by atoms with van der Waals surface area (Å²) < 4.78 is 22.5. The lowest BCUT2D eigenvalue weighted by molar-refractivity contribution is -0.999. The van der Waals surface area contributed by atoms with Gasteiger partial charge in [-0.1, -0.05) is 6.58 Å². The molecule has 21 heavy (non-hydrogen) atoms. The highest BCUT2D eigenvalue weighted by molar-refractivity contribution is 6.08. The standard InChI is InChI=1S/C14H30NO5Si/c1-11(2)13(16)20-9-8-15(3,4)14(18-6,19-7)12(10-21)17-5/h12H,1,8-10H2,2-7,21H3/q+1. The summed E-state index contributed by atoms with van der Waals surface area (Å²) in [6.07, 6.45) is -0.189. The van der Waals surface area contributed by atoms with Crippen LogP contribution in [0.2, 0.25) is 6.04 Å². The first-order valence-electron chi connectivity index (χ1n) is 7.01. The number of methoxy groups -OCH3 is 3. The second-order valence-corrected chi connectivity index (χ2v) is 6.31. The van der Waals surface area contributed by atoms with E-state index >= 15 is 0 Å². The molecule has 1 atom stereocenters. The second-order valence-electron chi connectivity index (χ2n) is 5.50. The summed E-state index contributed by atoms with van der Waals surface area (Å²) in [5.74, 6) is -1.33. The lowest BCUT2D eigenvalue weighted by Gasteiger charge is -2.48. The topological polar surface area (TPSA) is 54.0 Å². The fraction of sp³-hybridized carbons (Fsp3) is 0.786. The van der Waals surface area contributed by atoms with Crippen LogP contribution < -0.4 is 0 Å². The van der Waals surface area contributed by atoms with Gasteiger partial charge in [-0.25, -0.2) is 4.79 Å². The van der Waals surface area contributed by atoms with Gasteiger partial charge in [-0.2, -0.15) is 0 Å². The van der Waals surface area contributed by atoms with Crippen LogP contribution in [0.15, 0.2) is 12.2 Å². The van der Waals surface area contributed by atoms with E-state index in [9.17, 15) is 4.79 Å². The Hall–Kier alpha value is -0.733. The summed E-state index contributed by atoms with van der Waals surface area (Å²) in [7, 11) is 9.75. The Morgan fingerprint density at radius 1 is 1.29 bits per heavy atom. The molecule has 0 aromatic carbocycles. The lowest BCUT2D eigenvalue weighted by atomic mass is 10.2. The maximum Gasteiger partial charge on any atom is 0.345 e. The highest BCUT2D eigenvalue weighted by Crippen LogP contribution is 2.30. The molecule has 0 saturated carbocycles. The van der Waals surface area contributed by atoms with Crippen molar-refractivity contribution in [2.75, 3.05) is 48.6 Å². The Morgan fingerprint density at radius 3 is 2.14 bits per heavy atom. The zero-order chi connectivity index (χ0) is 16.7. The average Bonchev–Trinajstić information content (AvgIpc) is 2.43. The van der Waals surface area contributed by atoms with E-state index in [1.54, 1.807) is 28.3 Å². The third kappa shape index (κ3) is 4.62. The van der Waals surface area contributed by atoms with Gasteiger partial charge in [-0.05, 0) is 13.0 Å². The number of carbonyl (C=O) groups excluding carboxylic acids is 1. The zero-order valence-corrected chi connectivity index (χ0v) is 16.4. The van der Waals surface area contributed by atoms with Crippen LogP contribution in [-0.4, -0.2) is 81.3 Å². The van der Waals surface area contributed by atoms with Gasteiger partial charge in [-0.3, -0.25) is 4.48 Å². The van der Waals surface area contributed by atoms with E-state index in [1.807, 2.05) is 14.1 Å². The maximum atomic E-state index is 11.5. The predicted molar refractivity (Wildman–Crippen MR) is 85.0 cm³/mol. The van der Waals surface area contributed by atoms with Crippen LogP contribution in [0.25, 0.3) is 0 Å². The quantitative estimate of drug-likeness (QED) is 0.185. The molecule has 7 heteroatoms. The van der Waals surface area contributed by atoms with Gasteiger partial charge in [0.2, 0.25) is 0 Å². The molecule has 0 aromatic rings. The van der Waals surface area contributed by atoms with Crippen LogP contribution in [0.4, 0.5) is 0 Å². The highest BCUT2D eigenvalue weighted by Gasteiger charge is 2.53. The van der Waals surface area contributed by atoms with Crippen molar-refractivity contribution in [2.45, 2.75) is 25.0 Å². The number of nitrogens with zero attached hydrogens (tertiary/aromatic N) is 1. The molecule has 0 aliphatic carbocycles. The monoisotopic (exact) mass is 320 g/mol. The number of hydrogen-bond acceptors (Lipinski definition) is 5. The number of carbonyl (C=O) groups is 1. The van der Waals surface area contributed by atoms with E-state index in [0.717, 1.165) is 16.3 Å². The SMILES string of the molecule is C=C(C)C(=O)OCC[N+](C)(C)C(OC)(OC)C(C[SiH3])OC. The average molecular weight is 320 g/mol. The van der Waals surface area contributed by atoms with Crippen LogP contribution in [-0.2, 0) is 23.7 Å². The first-order valence-corrected chi connectivity index (χ1v) is 8.42. The molecule has 124 valence electrons. The van der Waals surface area contributed by atoms with Gasteiger partial charge >= 0.3 is 11.9 Å². The molecule has 0 aliphatic rings. The summed E-state index contributed by atoms with van der Waals surface area (Å²) in [5, 5.41) is 0. The first-order chi connectivity index (χ1) is 9.72. The van der Waals surface area contributed by atoms with Crippen LogP contribution in [0.1, 0.15) is 6.92 Å². The Bertz CT molecular complexity index is 351. The lowest BCUT2D eigenvalue weighted by Crippen LogP contribution is -2.69. The maximum absolute atomic E-state index is 11.5. The molecule has 0 bridgehead atoms. The van der Waals surface area contributed by atoms with Crippen molar-refractivity contribution >= 4 is 16.2 Å². The van der Waals surface area contributed by atoms with Gasteiger partial charge in [0.25, 0.3) is 0 Å². The summed E-state index contributed by atoms with van der Waals surface area (Å²) in [5.41, 5.74) is 0.388. The number of esters is 1. The van der Waals surface area contributed by atoms with Gasteiger partial charge in [0.15, 0.2) is 6.10 Å². The molecule has 0 spiro atoms. The van der Waals surface area contributed by atoms with Gasteiger partial charge in [0.1, 0.15) is 13.2 Å². The minimum Gasteiger partial charge on any atom is -0.456 e. The molecule has 0 N–H and O–H groups in total. The van der Waals surface area contributed by atoms with E-state index in [2.05, 4.69) is 6.58 Å². The van der Waals surface area contributed by atoms with Crippen molar-refractivity contribution in [3.8, 4) is 0 Å². The van der Waals surface area contributed by atoms with E-state index in [4.69, 9.17) is 18.9 Å². The molecule has 0 aromatic heterocycles. The van der Waals surface area contributed by atoms with Gasteiger partial charge in [0.05, 0.1) is 14.1 Å². The van der Waals surface area contributed by atoms with Crippen molar-refractivity contribution in [1.29, 1.82) is 0 Å². The Balaban J connectivity index is 5.03. The fourth-order valence-electron chi connectivity index (χ4n) is 2.45. The van der Waals surface area contributed by atoms with Gasteiger partial charge in [0, 0.05) is 37.1 Å². The third-order valence-corrected chi connectivity index (χ3v) is 4.46. The molecule has 0 aliphatic heterocycles. The molecule has 0 saturated heterocycles. The van der Waals surface area contributed by atoms with Crippen LogP contribution in [0, 0.1) is 0 Å². The Labute approximate surface area is 131 Å². The van der Waals surface area contributed by atoms with Crippen LogP contribution >= 0.6 is 0 Å². The zero-order valence-electron chi connectivity index (χ0n) is 14.4. The van der Waals surface area contributed by atoms with Gasteiger partial charge in [-0.15, -0.1) is 0 Å². The number of quaternary nitrogens is 1. The van der Waals surface area contributed by atoms with Crippen molar-refractivity contribution in [3.63, 3.8) is 0 Å². The van der Waals surface area contributed by atoms with Crippen molar-refractivity contribution in [1.82, 2.24) is 0 Å². The van der Waals surface area contributed by atoms with Crippen molar-refractivity contribution in [2.24, 2.45) is 0 Å². The number of rotatable bonds is 10. The van der Waals surface area contributed by atoms with Crippen LogP contribution in [0.3, 0.4) is 0 Å². The molecule has 0 radical (unpaired) electrons. The number of hydrogen-bond donors (Lipinski definition) is 0. The van der Waals surface area contributed by atoms with Crippen molar-refractivity contribution in [3.05, 3.63) is 12.2 Å². The Kier molecular flexibility index (Phi) is 8.35.